The number of carboxylic acid groups (broad SMARTS) is 1. The summed E-state index contributed by atoms with van der Waals surface area (Å²) in [6, 6.07) is 0. The largest absolute Gasteiger partial charge is 0.481 e. The van der Waals surface area contributed by atoms with E-state index in [1.54, 1.807) is 7.05 Å². The van der Waals surface area contributed by atoms with E-state index in [0.717, 1.165) is 19.3 Å². The Hall–Kier alpha value is -1.10. The molecule has 5 heteroatoms. The van der Waals surface area contributed by atoms with E-state index in [2.05, 4.69) is 17.6 Å². The predicted octanol–water partition coefficient (Wildman–Crippen LogP) is 0.993. The van der Waals surface area contributed by atoms with Crippen LogP contribution in [0.2, 0.25) is 0 Å². The summed E-state index contributed by atoms with van der Waals surface area (Å²) in [6.45, 7) is 3.05. The van der Waals surface area contributed by atoms with Gasteiger partial charge in [0.15, 0.2) is 0 Å². The molecule has 0 saturated heterocycles. The third-order valence-electron chi connectivity index (χ3n) is 2.68. The summed E-state index contributed by atoms with van der Waals surface area (Å²) < 4.78 is 0. The van der Waals surface area contributed by atoms with Crippen molar-refractivity contribution in [3.63, 3.8) is 0 Å². The second-order valence-corrected chi connectivity index (χ2v) is 4.26. The van der Waals surface area contributed by atoms with Gasteiger partial charge in [0.25, 0.3) is 0 Å². The summed E-state index contributed by atoms with van der Waals surface area (Å²) in [5, 5.41) is 14.2. The Labute approximate surface area is 103 Å². The number of likely N-dealkylation sites (N-methyl/N-ethyl adjacent to an activating group) is 1. The first-order valence-electron chi connectivity index (χ1n) is 6.23. The molecule has 5 nitrogen and oxygen atoms in total. The lowest BCUT2D eigenvalue weighted by Crippen LogP contribution is -2.33. The van der Waals surface area contributed by atoms with Crippen LogP contribution in [0, 0.1) is 5.92 Å². The van der Waals surface area contributed by atoms with E-state index in [1.807, 2.05) is 0 Å². The third-order valence-corrected chi connectivity index (χ3v) is 2.68. The third kappa shape index (κ3) is 9.81. The van der Waals surface area contributed by atoms with Gasteiger partial charge >= 0.3 is 5.97 Å². The standard InChI is InChI=1S/C12H24N2O3/c1-3-4-10(5-6-12(16)17)7-8-14-11(15)9-13-2/h10,13H,3-9H2,1-2H3,(H,14,15)(H,16,17). The van der Waals surface area contributed by atoms with Gasteiger partial charge in [0.05, 0.1) is 6.54 Å². The maximum atomic E-state index is 11.2. The van der Waals surface area contributed by atoms with Crippen LogP contribution < -0.4 is 10.6 Å². The van der Waals surface area contributed by atoms with E-state index in [9.17, 15) is 9.59 Å². The molecule has 0 aromatic carbocycles. The van der Waals surface area contributed by atoms with Gasteiger partial charge in [-0.25, -0.2) is 0 Å². The summed E-state index contributed by atoms with van der Waals surface area (Å²) in [4.78, 5) is 21.7. The van der Waals surface area contributed by atoms with E-state index in [4.69, 9.17) is 5.11 Å². The van der Waals surface area contributed by atoms with Crippen molar-refractivity contribution in [2.24, 2.45) is 5.92 Å². The van der Waals surface area contributed by atoms with Gasteiger partial charge in [0.1, 0.15) is 0 Å². The van der Waals surface area contributed by atoms with E-state index in [1.165, 1.54) is 0 Å². The lowest BCUT2D eigenvalue weighted by Gasteiger charge is -2.15. The van der Waals surface area contributed by atoms with E-state index in [-0.39, 0.29) is 12.3 Å². The molecular weight excluding hydrogens is 220 g/mol. The normalized spacial score (nSPS) is 12.1. The summed E-state index contributed by atoms with van der Waals surface area (Å²) in [7, 11) is 1.73. The molecule has 0 spiro atoms. The highest BCUT2D eigenvalue weighted by Gasteiger charge is 2.10. The molecule has 3 N–H and O–H groups in total. The second kappa shape index (κ2) is 10.1. The SMILES string of the molecule is CCCC(CCNC(=O)CNC)CCC(=O)O. The van der Waals surface area contributed by atoms with Crippen LogP contribution in [0.15, 0.2) is 0 Å². The molecule has 0 radical (unpaired) electrons. The summed E-state index contributed by atoms with van der Waals surface area (Å²) >= 11 is 0. The van der Waals surface area contributed by atoms with Crippen molar-refractivity contribution in [3.05, 3.63) is 0 Å². The highest BCUT2D eigenvalue weighted by molar-refractivity contribution is 5.77. The number of hydrogen-bond acceptors (Lipinski definition) is 3. The first kappa shape index (κ1) is 15.9. The van der Waals surface area contributed by atoms with Crippen LogP contribution in [0.4, 0.5) is 0 Å². The van der Waals surface area contributed by atoms with Crippen molar-refractivity contribution < 1.29 is 14.7 Å². The lowest BCUT2D eigenvalue weighted by atomic mass is 9.94. The molecule has 1 atom stereocenters. The summed E-state index contributed by atoms with van der Waals surface area (Å²) in [5.41, 5.74) is 0. The van der Waals surface area contributed by atoms with Crippen molar-refractivity contribution in [1.82, 2.24) is 10.6 Å². The number of carbonyl (C=O) groups excluding carboxylic acids is 1. The highest BCUT2D eigenvalue weighted by Crippen LogP contribution is 2.16. The van der Waals surface area contributed by atoms with Crippen molar-refractivity contribution in [2.75, 3.05) is 20.1 Å². The van der Waals surface area contributed by atoms with Crippen LogP contribution in [0.3, 0.4) is 0 Å². The topological polar surface area (TPSA) is 78.4 Å². The zero-order valence-electron chi connectivity index (χ0n) is 10.8. The number of amides is 1. The maximum absolute atomic E-state index is 11.2. The van der Waals surface area contributed by atoms with Crippen LogP contribution >= 0.6 is 0 Å². The second-order valence-electron chi connectivity index (χ2n) is 4.26. The highest BCUT2D eigenvalue weighted by atomic mass is 16.4. The zero-order chi connectivity index (χ0) is 13.1. The Morgan fingerprint density at radius 2 is 1.94 bits per heavy atom. The minimum absolute atomic E-state index is 0.0130. The van der Waals surface area contributed by atoms with Crippen molar-refractivity contribution in [1.29, 1.82) is 0 Å². The van der Waals surface area contributed by atoms with Crippen molar-refractivity contribution in [2.45, 2.75) is 39.0 Å². The van der Waals surface area contributed by atoms with Crippen LogP contribution in [-0.4, -0.2) is 37.1 Å². The summed E-state index contributed by atoms with van der Waals surface area (Å²) in [5.74, 6) is -0.364. The molecule has 100 valence electrons. The monoisotopic (exact) mass is 244 g/mol. The van der Waals surface area contributed by atoms with Crippen molar-refractivity contribution in [3.8, 4) is 0 Å². The lowest BCUT2D eigenvalue weighted by molar-refractivity contribution is -0.137. The molecule has 0 rings (SSSR count). The molecule has 1 unspecified atom stereocenters. The minimum atomic E-state index is -0.745. The fourth-order valence-corrected chi connectivity index (χ4v) is 1.81. The molecule has 17 heavy (non-hydrogen) atoms. The van der Waals surface area contributed by atoms with E-state index < -0.39 is 5.97 Å². The first-order chi connectivity index (χ1) is 8.10. The Bertz CT molecular complexity index is 232. The maximum Gasteiger partial charge on any atom is 0.303 e. The molecule has 0 saturated carbocycles. The fraction of sp³-hybridized carbons (Fsp3) is 0.833. The van der Waals surface area contributed by atoms with Crippen LogP contribution in [0.25, 0.3) is 0 Å². The smallest absolute Gasteiger partial charge is 0.303 e. The van der Waals surface area contributed by atoms with Gasteiger partial charge in [-0.05, 0) is 25.8 Å². The zero-order valence-corrected chi connectivity index (χ0v) is 10.8. The van der Waals surface area contributed by atoms with Gasteiger partial charge in [-0.15, -0.1) is 0 Å². The van der Waals surface area contributed by atoms with E-state index >= 15 is 0 Å². The van der Waals surface area contributed by atoms with Gasteiger partial charge in [0.2, 0.25) is 5.91 Å². The Balaban J connectivity index is 3.75. The molecule has 0 aliphatic carbocycles. The van der Waals surface area contributed by atoms with Crippen LogP contribution in [0.5, 0.6) is 0 Å². The molecule has 0 fully saturated rings. The van der Waals surface area contributed by atoms with Gasteiger partial charge in [0, 0.05) is 13.0 Å². The molecule has 0 aliphatic rings. The number of aliphatic carboxylic acids is 1. The molecule has 0 aliphatic heterocycles. The van der Waals surface area contributed by atoms with Crippen LogP contribution in [0.1, 0.15) is 39.0 Å². The van der Waals surface area contributed by atoms with Crippen LogP contribution in [-0.2, 0) is 9.59 Å². The van der Waals surface area contributed by atoms with Gasteiger partial charge in [-0.3, -0.25) is 9.59 Å². The van der Waals surface area contributed by atoms with E-state index in [0.29, 0.717) is 25.4 Å². The quantitative estimate of drug-likeness (QED) is 0.535. The average molecular weight is 244 g/mol. The number of carbonyl (C=O) groups is 2. The molecule has 0 aromatic rings. The fourth-order valence-electron chi connectivity index (χ4n) is 1.81. The molecular formula is C12H24N2O3. The van der Waals surface area contributed by atoms with Gasteiger partial charge in [-0.2, -0.15) is 0 Å². The molecule has 1 amide bonds. The van der Waals surface area contributed by atoms with Crippen molar-refractivity contribution >= 4 is 11.9 Å². The number of hydrogen-bond donors (Lipinski definition) is 3. The molecule has 0 heterocycles. The predicted molar refractivity (Wildman–Crippen MR) is 66.8 cm³/mol. The van der Waals surface area contributed by atoms with Gasteiger partial charge < -0.3 is 15.7 Å². The number of rotatable bonds is 10. The Kier molecular flexibility index (Phi) is 9.43. The number of nitrogens with one attached hydrogen (secondary N) is 2. The minimum Gasteiger partial charge on any atom is -0.481 e. The number of carboxylic acids is 1. The Morgan fingerprint density at radius 3 is 2.47 bits per heavy atom. The first-order valence-corrected chi connectivity index (χ1v) is 6.23. The van der Waals surface area contributed by atoms with Gasteiger partial charge in [-0.1, -0.05) is 19.8 Å². The average Bonchev–Trinajstić information content (AvgIpc) is 2.26. The Morgan fingerprint density at radius 1 is 1.24 bits per heavy atom. The molecule has 0 bridgehead atoms. The summed E-state index contributed by atoms with van der Waals surface area (Å²) in [6.07, 6.45) is 3.85. The molecule has 0 aromatic heterocycles.